The van der Waals surface area contributed by atoms with Crippen molar-refractivity contribution in [3.05, 3.63) is 64.0 Å². The number of nitrogens with one attached hydrogen (secondary N) is 1. The molecule has 1 aromatic carbocycles. The van der Waals surface area contributed by atoms with Crippen molar-refractivity contribution in [2.75, 3.05) is 5.32 Å². The number of hydrogen-bond acceptors (Lipinski definition) is 4. The summed E-state index contributed by atoms with van der Waals surface area (Å²) in [4.78, 5) is 29.9. The molecule has 25 heavy (non-hydrogen) atoms. The molecule has 0 fully saturated rings. The van der Waals surface area contributed by atoms with Crippen LogP contribution in [0.3, 0.4) is 0 Å². The van der Waals surface area contributed by atoms with Gasteiger partial charge in [-0.2, -0.15) is 0 Å². The normalized spacial score (nSPS) is 12.4. The van der Waals surface area contributed by atoms with Crippen LogP contribution in [-0.2, 0) is 17.9 Å². The lowest BCUT2D eigenvalue weighted by molar-refractivity contribution is 0.101. The van der Waals surface area contributed by atoms with Gasteiger partial charge in [-0.1, -0.05) is 31.0 Å². The predicted octanol–water partition coefficient (Wildman–Crippen LogP) is 2.41. The minimum Gasteiger partial charge on any atom is -0.496 e. The van der Waals surface area contributed by atoms with E-state index in [4.69, 9.17) is 11.2 Å². The Morgan fingerprint density at radius 3 is 2.84 bits per heavy atom. The van der Waals surface area contributed by atoms with Gasteiger partial charge in [0.25, 0.3) is 11.5 Å². The Balaban J connectivity index is 2.10. The third-order valence-electron chi connectivity index (χ3n) is 3.89. The van der Waals surface area contributed by atoms with E-state index >= 15 is 0 Å². The third kappa shape index (κ3) is 3.17. The van der Waals surface area contributed by atoms with E-state index in [1.807, 2.05) is 13.0 Å². The van der Waals surface area contributed by atoms with Crippen molar-refractivity contribution in [2.45, 2.75) is 26.5 Å². The van der Waals surface area contributed by atoms with Gasteiger partial charge in [0.15, 0.2) is 0 Å². The molecule has 1 aliphatic heterocycles. The molecule has 0 unspecified atom stereocenters. The van der Waals surface area contributed by atoms with Crippen molar-refractivity contribution in [1.29, 1.82) is 0 Å². The predicted molar refractivity (Wildman–Crippen MR) is 94.8 cm³/mol. The average Bonchev–Trinajstić information content (AvgIpc) is 2.64. The van der Waals surface area contributed by atoms with E-state index in [-0.39, 0.29) is 24.5 Å². The molecule has 0 atom stereocenters. The number of nitrogens with zero attached hydrogens (tertiary/aromatic N) is 2. The van der Waals surface area contributed by atoms with Crippen LogP contribution >= 0.6 is 0 Å². The maximum Gasteiger partial charge on any atom is 0.291 e. The van der Waals surface area contributed by atoms with E-state index in [0.29, 0.717) is 23.4 Å². The van der Waals surface area contributed by atoms with Gasteiger partial charge in [-0.05, 0) is 18.6 Å². The Kier molecular flexibility index (Phi) is 4.66. The smallest absolute Gasteiger partial charge is 0.291 e. The number of terminal acetylenes is 1. The fourth-order valence-corrected chi connectivity index (χ4v) is 2.64. The molecule has 0 aliphatic carbocycles. The first kappa shape index (κ1) is 16.5. The van der Waals surface area contributed by atoms with Crippen LogP contribution in [0.25, 0.3) is 5.57 Å². The lowest BCUT2D eigenvalue weighted by Crippen LogP contribution is -2.34. The van der Waals surface area contributed by atoms with Gasteiger partial charge in [-0.25, -0.2) is 4.98 Å². The number of hydrogen-bond donors (Lipinski definition) is 1. The van der Waals surface area contributed by atoms with Crippen LogP contribution in [-0.4, -0.2) is 15.5 Å². The van der Waals surface area contributed by atoms with E-state index in [2.05, 4.69) is 16.2 Å². The molecule has 126 valence electrons. The lowest BCUT2D eigenvalue weighted by Gasteiger charge is -2.19. The van der Waals surface area contributed by atoms with Gasteiger partial charge in [0, 0.05) is 11.3 Å². The van der Waals surface area contributed by atoms with E-state index in [1.165, 1.54) is 4.57 Å². The molecule has 1 aromatic heterocycles. The van der Waals surface area contributed by atoms with Gasteiger partial charge in [-0.3, -0.25) is 14.2 Å². The number of para-hydroxylation sites is 1. The van der Waals surface area contributed by atoms with Gasteiger partial charge < -0.3 is 10.1 Å². The summed E-state index contributed by atoms with van der Waals surface area (Å²) in [7, 11) is 0. The molecule has 0 bridgehead atoms. The summed E-state index contributed by atoms with van der Waals surface area (Å²) >= 11 is 0. The highest BCUT2D eigenvalue weighted by Crippen LogP contribution is 2.24. The minimum atomic E-state index is -0.483. The lowest BCUT2D eigenvalue weighted by atomic mass is 10.0. The maximum absolute atomic E-state index is 12.8. The van der Waals surface area contributed by atoms with Crippen molar-refractivity contribution >= 4 is 17.2 Å². The van der Waals surface area contributed by atoms with Gasteiger partial charge in [0.1, 0.15) is 6.61 Å². The number of anilines is 1. The monoisotopic (exact) mass is 335 g/mol. The summed E-state index contributed by atoms with van der Waals surface area (Å²) in [5, 5.41) is 2.74. The summed E-state index contributed by atoms with van der Waals surface area (Å²) < 4.78 is 6.55. The third-order valence-corrected chi connectivity index (χ3v) is 3.89. The van der Waals surface area contributed by atoms with Crippen LogP contribution in [0.1, 0.15) is 35.2 Å². The number of carbonyl (C=O) groups is 1. The molecule has 6 heteroatoms. The Labute approximate surface area is 145 Å². The molecule has 1 N–H and O–H groups in total. The second-order valence-corrected chi connectivity index (χ2v) is 5.49. The summed E-state index contributed by atoms with van der Waals surface area (Å²) in [5.41, 5.74) is 1.97. The number of fused-ring (bicyclic) bond motifs is 1. The SMILES string of the molecule is C#CCn1c(C(=O)Nc2ccccc2)nc2c(c1=O)COC=C2CC. The average molecular weight is 335 g/mol. The minimum absolute atomic E-state index is 0.00759. The highest BCUT2D eigenvalue weighted by Gasteiger charge is 2.24. The molecule has 0 spiro atoms. The number of benzene rings is 1. The van der Waals surface area contributed by atoms with Gasteiger partial charge in [-0.15, -0.1) is 6.42 Å². The summed E-state index contributed by atoms with van der Waals surface area (Å²) in [6.07, 6.45) is 7.59. The van der Waals surface area contributed by atoms with Crippen LogP contribution in [0.4, 0.5) is 5.69 Å². The number of allylic oxidation sites excluding steroid dienone is 1. The Bertz CT molecular complexity index is 937. The fraction of sp³-hybridized carbons (Fsp3) is 0.211. The molecule has 0 radical (unpaired) electrons. The van der Waals surface area contributed by atoms with Crippen LogP contribution in [0.2, 0.25) is 0 Å². The molecule has 0 saturated heterocycles. The number of aromatic nitrogens is 2. The fourth-order valence-electron chi connectivity index (χ4n) is 2.64. The summed E-state index contributed by atoms with van der Waals surface area (Å²) in [5.74, 6) is 1.91. The molecule has 2 heterocycles. The first-order chi connectivity index (χ1) is 12.2. The number of rotatable bonds is 4. The van der Waals surface area contributed by atoms with Crippen LogP contribution in [0.15, 0.2) is 41.4 Å². The zero-order chi connectivity index (χ0) is 17.8. The van der Waals surface area contributed by atoms with Gasteiger partial charge >= 0.3 is 0 Å². The van der Waals surface area contributed by atoms with Crippen molar-refractivity contribution in [1.82, 2.24) is 9.55 Å². The van der Waals surface area contributed by atoms with E-state index in [1.54, 1.807) is 30.5 Å². The molecule has 0 saturated carbocycles. The standard InChI is InChI=1S/C19H17N3O3/c1-3-10-22-17(18(23)20-14-8-6-5-7-9-14)21-16-13(4-2)11-25-12-15(16)19(22)24/h1,5-9,11H,4,10,12H2,2H3,(H,20,23). The molecular formula is C19H17N3O3. The Hall–Kier alpha value is -3.33. The van der Waals surface area contributed by atoms with E-state index < -0.39 is 5.91 Å². The van der Waals surface area contributed by atoms with Gasteiger partial charge in [0.2, 0.25) is 5.82 Å². The largest absolute Gasteiger partial charge is 0.496 e. The zero-order valence-corrected chi connectivity index (χ0v) is 13.8. The topological polar surface area (TPSA) is 73.2 Å². The Morgan fingerprint density at radius 2 is 2.16 bits per heavy atom. The first-order valence-electron chi connectivity index (χ1n) is 7.90. The van der Waals surface area contributed by atoms with Crippen LogP contribution in [0.5, 0.6) is 0 Å². The number of carbonyl (C=O) groups excluding carboxylic acids is 1. The second-order valence-electron chi connectivity index (χ2n) is 5.49. The summed E-state index contributed by atoms with van der Waals surface area (Å²) in [6, 6.07) is 8.97. The quantitative estimate of drug-likeness (QED) is 0.871. The van der Waals surface area contributed by atoms with Crippen molar-refractivity contribution in [2.24, 2.45) is 0 Å². The molecular weight excluding hydrogens is 318 g/mol. The van der Waals surface area contributed by atoms with Crippen molar-refractivity contribution in [3.8, 4) is 12.3 Å². The van der Waals surface area contributed by atoms with Crippen LogP contribution < -0.4 is 10.9 Å². The van der Waals surface area contributed by atoms with E-state index in [0.717, 1.165) is 5.57 Å². The van der Waals surface area contributed by atoms with Crippen molar-refractivity contribution in [3.63, 3.8) is 0 Å². The Morgan fingerprint density at radius 1 is 1.40 bits per heavy atom. The second kappa shape index (κ2) is 7.05. The van der Waals surface area contributed by atoms with Gasteiger partial charge in [0.05, 0.1) is 24.1 Å². The molecule has 6 nitrogen and oxygen atoms in total. The number of amides is 1. The maximum atomic E-state index is 12.8. The summed E-state index contributed by atoms with van der Waals surface area (Å²) in [6.45, 7) is 2.01. The highest BCUT2D eigenvalue weighted by atomic mass is 16.5. The zero-order valence-electron chi connectivity index (χ0n) is 13.8. The molecule has 1 amide bonds. The van der Waals surface area contributed by atoms with Crippen LogP contribution in [0, 0.1) is 12.3 Å². The highest BCUT2D eigenvalue weighted by molar-refractivity contribution is 6.02. The number of ether oxygens (including phenoxy) is 1. The first-order valence-corrected chi connectivity index (χ1v) is 7.90. The molecule has 1 aliphatic rings. The van der Waals surface area contributed by atoms with E-state index in [9.17, 15) is 9.59 Å². The molecule has 2 aromatic rings. The van der Waals surface area contributed by atoms with Crippen molar-refractivity contribution < 1.29 is 9.53 Å². The molecule has 3 rings (SSSR count).